The summed E-state index contributed by atoms with van der Waals surface area (Å²) in [4.78, 5) is 21.4. The van der Waals surface area contributed by atoms with E-state index in [0.29, 0.717) is 18.0 Å². The summed E-state index contributed by atoms with van der Waals surface area (Å²) in [5.41, 5.74) is 0.285. The number of hydrogen-bond donors (Lipinski definition) is 2. The number of terminal acetylenes is 1. The highest BCUT2D eigenvalue weighted by Gasteiger charge is 2.25. The monoisotopic (exact) mass is 356 g/mol. The third-order valence-corrected chi connectivity index (χ3v) is 4.97. The van der Waals surface area contributed by atoms with Crippen LogP contribution in [0.1, 0.15) is 33.6 Å². The number of benzene rings is 1. The predicted molar refractivity (Wildman–Crippen MR) is 105 cm³/mol. The van der Waals surface area contributed by atoms with Gasteiger partial charge in [0.05, 0.1) is 11.3 Å². The number of rotatable bonds is 8. The number of fused-ring (bicyclic) bond motifs is 1. The van der Waals surface area contributed by atoms with Crippen LogP contribution in [0.25, 0.3) is 10.9 Å². The van der Waals surface area contributed by atoms with E-state index in [-0.39, 0.29) is 11.7 Å². The molecule has 0 saturated heterocycles. The summed E-state index contributed by atoms with van der Waals surface area (Å²) in [6.07, 6.45) is 7.00. The first-order valence-electron chi connectivity index (χ1n) is 8.49. The quantitative estimate of drug-likeness (QED) is 0.431. The maximum absolute atomic E-state index is 12.3. The van der Waals surface area contributed by atoms with E-state index in [1.54, 1.807) is 0 Å². The molecule has 1 amide bonds. The Morgan fingerprint density at radius 1 is 1.24 bits per heavy atom. The van der Waals surface area contributed by atoms with Crippen LogP contribution in [0.5, 0.6) is 0 Å². The van der Waals surface area contributed by atoms with Crippen molar-refractivity contribution in [1.82, 2.24) is 15.3 Å². The SMILES string of the molecule is C#CC(CC)(CC)NC(=O)CSc1nc(NCC)c2ccccc2n1. The van der Waals surface area contributed by atoms with E-state index in [0.717, 1.165) is 23.3 Å². The molecule has 0 aliphatic rings. The van der Waals surface area contributed by atoms with Gasteiger partial charge in [0, 0.05) is 11.9 Å². The molecule has 2 N–H and O–H groups in total. The van der Waals surface area contributed by atoms with E-state index in [4.69, 9.17) is 6.42 Å². The summed E-state index contributed by atoms with van der Waals surface area (Å²) in [6, 6.07) is 7.83. The number of anilines is 1. The zero-order valence-electron chi connectivity index (χ0n) is 14.9. The molecule has 1 heterocycles. The number of hydrogen-bond acceptors (Lipinski definition) is 5. The molecule has 5 nitrogen and oxygen atoms in total. The highest BCUT2D eigenvalue weighted by molar-refractivity contribution is 7.99. The van der Waals surface area contributed by atoms with Crippen molar-refractivity contribution in [1.29, 1.82) is 0 Å². The fourth-order valence-electron chi connectivity index (χ4n) is 2.52. The van der Waals surface area contributed by atoms with Crippen molar-refractivity contribution in [2.45, 2.75) is 44.3 Å². The van der Waals surface area contributed by atoms with Gasteiger partial charge in [-0.25, -0.2) is 9.97 Å². The van der Waals surface area contributed by atoms with Gasteiger partial charge in [-0.1, -0.05) is 43.7 Å². The molecule has 0 spiro atoms. The summed E-state index contributed by atoms with van der Waals surface area (Å²) < 4.78 is 0. The molecule has 0 radical (unpaired) electrons. The summed E-state index contributed by atoms with van der Waals surface area (Å²) in [5.74, 6) is 3.63. The standard InChI is InChI=1S/C19H24N4OS/c1-5-19(6-2,7-3)23-16(24)13-25-18-21-15-12-10-9-11-14(15)17(22-18)20-8-4/h1,9-12H,6-8,13H2,2-4H3,(H,23,24)(H,20,21,22). The number of thioether (sulfide) groups is 1. The third kappa shape index (κ3) is 4.64. The van der Waals surface area contributed by atoms with E-state index in [1.807, 2.05) is 45.0 Å². The largest absolute Gasteiger partial charge is 0.370 e. The van der Waals surface area contributed by atoms with Crippen molar-refractivity contribution < 1.29 is 4.79 Å². The maximum atomic E-state index is 12.3. The summed E-state index contributed by atoms with van der Waals surface area (Å²) in [7, 11) is 0. The molecule has 0 saturated carbocycles. The van der Waals surface area contributed by atoms with Crippen LogP contribution in [0.2, 0.25) is 0 Å². The van der Waals surface area contributed by atoms with Crippen LogP contribution in [-0.4, -0.2) is 33.7 Å². The molecule has 1 aromatic carbocycles. The second-order valence-electron chi connectivity index (χ2n) is 5.67. The van der Waals surface area contributed by atoms with Gasteiger partial charge >= 0.3 is 0 Å². The van der Waals surface area contributed by atoms with Crippen LogP contribution in [0, 0.1) is 12.3 Å². The van der Waals surface area contributed by atoms with Gasteiger partial charge in [0.15, 0.2) is 5.16 Å². The smallest absolute Gasteiger partial charge is 0.231 e. The molecule has 2 rings (SSSR count). The molecule has 2 aromatic rings. The lowest BCUT2D eigenvalue weighted by molar-refractivity contribution is -0.119. The molecule has 0 unspecified atom stereocenters. The maximum Gasteiger partial charge on any atom is 0.231 e. The van der Waals surface area contributed by atoms with Gasteiger partial charge in [-0.05, 0) is 31.9 Å². The van der Waals surface area contributed by atoms with E-state index in [2.05, 4.69) is 26.5 Å². The van der Waals surface area contributed by atoms with Crippen molar-refractivity contribution in [3.8, 4) is 12.3 Å². The lowest BCUT2D eigenvalue weighted by Crippen LogP contribution is -2.47. The Hall–Kier alpha value is -2.26. The van der Waals surface area contributed by atoms with Gasteiger partial charge in [0.1, 0.15) is 11.4 Å². The first-order valence-corrected chi connectivity index (χ1v) is 9.48. The Labute approximate surface area is 153 Å². The number of carbonyl (C=O) groups excluding carboxylic acids is 1. The molecule has 0 aliphatic heterocycles. The lowest BCUT2D eigenvalue weighted by Gasteiger charge is -2.26. The van der Waals surface area contributed by atoms with Crippen LogP contribution in [0.4, 0.5) is 5.82 Å². The average molecular weight is 356 g/mol. The predicted octanol–water partition coefficient (Wildman–Crippen LogP) is 3.46. The van der Waals surface area contributed by atoms with Crippen LogP contribution in [-0.2, 0) is 4.79 Å². The van der Waals surface area contributed by atoms with Crippen LogP contribution in [0.15, 0.2) is 29.4 Å². The van der Waals surface area contributed by atoms with Crippen LogP contribution in [0.3, 0.4) is 0 Å². The van der Waals surface area contributed by atoms with Gasteiger partial charge in [0.25, 0.3) is 0 Å². The average Bonchev–Trinajstić information content (AvgIpc) is 2.65. The minimum atomic E-state index is -0.573. The van der Waals surface area contributed by atoms with Crippen LogP contribution < -0.4 is 10.6 Å². The molecule has 132 valence electrons. The normalized spacial score (nSPS) is 11.1. The number of para-hydroxylation sites is 1. The number of aromatic nitrogens is 2. The number of nitrogens with zero attached hydrogens (tertiary/aromatic N) is 2. The minimum Gasteiger partial charge on any atom is -0.370 e. The second kappa shape index (κ2) is 8.72. The third-order valence-electron chi connectivity index (χ3n) is 4.12. The van der Waals surface area contributed by atoms with Gasteiger partial charge < -0.3 is 10.6 Å². The van der Waals surface area contributed by atoms with E-state index in [1.165, 1.54) is 11.8 Å². The minimum absolute atomic E-state index is 0.103. The highest BCUT2D eigenvalue weighted by atomic mass is 32.2. The molecule has 6 heteroatoms. The molecule has 1 aromatic heterocycles. The van der Waals surface area contributed by atoms with Crippen molar-refractivity contribution in [3.05, 3.63) is 24.3 Å². The second-order valence-corrected chi connectivity index (χ2v) is 6.62. The molecule has 0 fully saturated rings. The van der Waals surface area contributed by atoms with E-state index in [9.17, 15) is 4.79 Å². The highest BCUT2D eigenvalue weighted by Crippen LogP contribution is 2.24. The summed E-state index contributed by atoms with van der Waals surface area (Å²) in [5, 5.41) is 7.76. The van der Waals surface area contributed by atoms with E-state index >= 15 is 0 Å². The van der Waals surface area contributed by atoms with Crippen LogP contribution >= 0.6 is 11.8 Å². The zero-order chi connectivity index (χ0) is 18.3. The fraction of sp³-hybridized carbons (Fsp3) is 0.421. The van der Waals surface area contributed by atoms with Crippen molar-refractivity contribution in [2.75, 3.05) is 17.6 Å². The Morgan fingerprint density at radius 3 is 2.60 bits per heavy atom. The van der Waals surface area contributed by atoms with Gasteiger partial charge in [0.2, 0.25) is 5.91 Å². The van der Waals surface area contributed by atoms with Gasteiger partial charge in [-0.2, -0.15) is 0 Å². The number of amides is 1. The number of nitrogens with one attached hydrogen (secondary N) is 2. The zero-order valence-corrected chi connectivity index (χ0v) is 15.7. The lowest BCUT2D eigenvalue weighted by atomic mass is 9.94. The van der Waals surface area contributed by atoms with Gasteiger partial charge in [-0.3, -0.25) is 4.79 Å². The Balaban J connectivity index is 2.13. The van der Waals surface area contributed by atoms with Gasteiger partial charge in [-0.15, -0.1) is 6.42 Å². The van der Waals surface area contributed by atoms with E-state index < -0.39 is 5.54 Å². The summed E-state index contributed by atoms with van der Waals surface area (Å²) in [6.45, 7) is 6.74. The topological polar surface area (TPSA) is 66.9 Å². The fourth-order valence-corrected chi connectivity index (χ4v) is 3.17. The molecular weight excluding hydrogens is 332 g/mol. The molecule has 0 atom stereocenters. The molecule has 0 bridgehead atoms. The Kier molecular flexibility index (Phi) is 6.65. The molecule has 0 aliphatic carbocycles. The van der Waals surface area contributed by atoms with Crippen molar-refractivity contribution in [2.24, 2.45) is 0 Å². The first kappa shape index (κ1) is 19.1. The van der Waals surface area contributed by atoms with Crippen molar-refractivity contribution >= 4 is 34.4 Å². The number of carbonyl (C=O) groups is 1. The Morgan fingerprint density at radius 2 is 1.96 bits per heavy atom. The Bertz CT molecular complexity index is 781. The molecular formula is C19H24N4OS. The summed E-state index contributed by atoms with van der Waals surface area (Å²) >= 11 is 1.31. The first-order chi connectivity index (χ1) is 12.1. The van der Waals surface area contributed by atoms with Crippen molar-refractivity contribution in [3.63, 3.8) is 0 Å². The molecule has 25 heavy (non-hydrogen) atoms.